The number of fused-ring (bicyclic) bond motifs is 1. The average Bonchev–Trinajstić information content (AvgIpc) is 3.27. The van der Waals surface area contributed by atoms with Gasteiger partial charge in [0.05, 0.1) is 11.0 Å². The van der Waals surface area contributed by atoms with E-state index in [9.17, 15) is 4.79 Å². The summed E-state index contributed by atoms with van der Waals surface area (Å²) in [7, 11) is 0. The zero-order chi connectivity index (χ0) is 18.1. The standard InChI is InChI=1S/C19H24N6O/c1-12-4-3-5-15-18(12)22-19(21-15)14-8-10-25(11-9-14)17(26)7-6-16-20-13(2)23-24-16/h3-5,14H,6-11H2,1-2H3,(H,21,22)(H,20,23,24). The molecule has 0 radical (unpaired) electrons. The Labute approximate surface area is 152 Å². The van der Waals surface area contributed by atoms with E-state index in [1.54, 1.807) is 0 Å². The first-order valence-electron chi connectivity index (χ1n) is 9.21. The Morgan fingerprint density at radius 2 is 2.04 bits per heavy atom. The molecule has 0 spiro atoms. The summed E-state index contributed by atoms with van der Waals surface area (Å²) in [6.07, 6.45) is 2.95. The fourth-order valence-electron chi connectivity index (χ4n) is 3.67. The number of aryl methyl sites for hydroxylation is 3. The number of rotatable bonds is 4. The molecule has 26 heavy (non-hydrogen) atoms. The number of likely N-dealkylation sites (tertiary alicyclic amines) is 1. The first-order valence-corrected chi connectivity index (χ1v) is 9.21. The lowest BCUT2D eigenvalue weighted by Gasteiger charge is -2.31. The highest BCUT2D eigenvalue weighted by Gasteiger charge is 2.25. The van der Waals surface area contributed by atoms with Gasteiger partial charge in [-0.15, -0.1) is 0 Å². The van der Waals surface area contributed by atoms with Crippen LogP contribution in [0.1, 0.15) is 48.2 Å². The summed E-state index contributed by atoms with van der Waals surface area (Å²) in [6, 6.07) is 6.21. The van der Waals surface area contributed by atoms with Crippen molar-refractivity contribution in [1.82, 2.24) is 30.0 Å². The van der Waals surface area contributed by atoms with Crippen LogP contribution in [-0.2, 0) is 11.2 Å². The predicted octanol–water partition coefficient (Wildman–Crippen LogP) is 2.64. The average molecular weight is 352 g/mol. The number of piperidine rings is 1. The van der Waals surface area contributed by atoms with Gasteiger partial charge in [-0.25, -0.2) is 9.97 Å². The number of carbonyl (C=O) groups excluding carboxylic acids is 1. The Kier molecular flexibility index (Phi) is 4.44. The van der Waals surface area contributed by atoms with Crippen molar-refractivity contribution >= 4 is 16.9 Å². The van der Waals surface area contributed by atoms with Crippen molar-refractivity contribution in [3.05, 3.63) is 41.2 Å². The van der Waals surface area contributed by atoms with Gasteiger partial charge in [0, 0.05) is 31.8 Å². The lowest BCUT2D eigenvalue weighted by molar-refractivity contribution is -0.132. The van der Waals surface area contributed by atoms with E-state index in [-0.39, 0.29) is 5.91 Å². The van der Waals surface area contributed by atoms with Crippen molar-refractivity contribution in [2.24, 2.45) is 0 Å². The normalized spacial score (nSPS) is 15.7. The van der Waals surface area contributed by atoms with Crippen LogP contribution in [0.15, 0.2) is 18.2 Å². The van der Waals surface area contributed by atoms with Gasteiger partial charge in [-0.2, -0.15) is 5.10 Å². The highest BCUT2D eigenvalue weighted by Crippen LogP contribution is 2.28. The van der Waals surface area contributed by atoms with Crippen LogP contribution in [0.2, 0.25) is 0 Å². The van der Waals surface area contributed by atoms with Crippen LogP contribution in [0.3, 0.4) is 0 Å². The molecule has 0 aliphatic carbocycles. The number of nitrogens with zero attached hydrogens (tertiary/aromatic N) is 4. The fraction of sp³-hybridized carbons (Fsp3) is 0.474. The first kappa shape index (κ1) is 16.8. The molecule has 4 rings (SSSR count). The van der Waals surface area contributed by atoms with Gasteiger partial charge in [0.1, 0.15) is 11.6 Å². The number of hydrogen-bond donors (Lipinski definition) is 2. The van der Waals surface area contributed by atoms with Gasteiger partial charge in [0.25, 0.3) is 0 Å². The van der Waals surface area contributed by atoms with Gasteiger partial charge >= 0.3 is 0 Å². The molecule has 0 atom stereocenters. The van der Waals surface area contributed by atoms with Crippen molar-refractivity contribution < 1.29 is 4.79 Å². The number of H-pyrrole nitrogens is 2. The second kappa shape index (κ2) is 6.90. The van der Waals surface area contributed by atoms with Crippen LogP contribution in [-0.4, -0.2) is 49.0 Å². The van der Waals surface area contributed by atoms with E-state index in [0.717, 1.165) is 48.6 Å². The number of para-hydroxylation sites is 1. The second-order valence-corrected chi connectivity index (χ2v) is 7.09. The third kappa shape index (κ3) is 3.34. The molecule has 1 amide bonds. The molecule has 7 nitrogen and oxygen atoms in total. The maximum Gasteiger partial charge on any atom is 0.223 e. The monoisotopic (exact) mass is 352 g/mol. The molecular formula is C19H24N6O. The van der Waals surface area contributed by atoms with Crippen LogP contribution in [0.5, 0.6) is 0 Å². The Morgan fingerprint density at radius 3 is 2.73 bits per heavy atom. The SMILES string of the molecule is Cc1nc(CCC(=O)N2CCC(c3nc4c(C)cccc4[nH]3)CC2)n[nH]1. The molecule has 2 aromatic heterocycles. The van der Waals surface area contributed by atoms with Crippen LogP contribution in [0, 0.1) is 13.8 Å². The number of amides is 1. The quantitative estimate of drug-likeness (QED) is 0.755. The minimum absolute atomic E-state index is 0.186. The van der Waals surface area contributed by atoms with Crippen molar-refractivity contribution in [2.75, 3.05) is 13.1 Å². The molecule has 0 bridgehead atoms. The number of nitrogens with one attached hydrogen (secondary N) is 2. The Morgan fingerprint density at radius 1 is 1.23 bits per heavy atom. The van der Waals surface area contributed by atoms with E-state index in [4.69, 9.17) is 4.98 Å². The van der Waals surface area contributed by atoms with Gasteiger partial charge in [0.15, 0.2) is 5.82 Å². The molecule has 0 unspecified atom stereocenters. The second-order valence-electron chi connectivity index (χ2n) is 7.09. The predicted molar refractivity (Wildman–Crippen MR) is 98.8 cm³/mol. The fourth-order valence-corrected chi connectivity index (χ4v) is 3.67. The maximum absolute atomic E-state index is 12.4. The van der Waals surface area contributed by atoms with E-state index >= 15 is 0 Å². The Bertz CT molecular complexity index is 919. The number of aromatic nitrogens is 5. The van der Waals surface area contributed by atoms with E-state index in [2.05, 4.69) is 45.3 Å². The third-order valence-electron chi connectivity index (χ3n) is 5.17. The van der Waals surface area contributed by atoms with Gasteiger partial charge in [0.2, 0.25) is 5.91 Å². The molecule has 1 aliphatic heterocycles. The van der Waals surface area contributed by atoms with Gasteiger partial charge in [-0.1, -0.05) is 12.1 Å². The summed E-state index contributed by atoms with van der Waals surface area (Å²) >= 11 is 0. The number of carbonyl (C=O) groups is 1. The van der Waals surface area contributed by atoms with Crippen LogP contribution < -0.4 is 0 Å². The lowest BCUT2D eigenvalue weighted by Crippen LogP contribution is -2.38. The zero-order valence-electron chi connectivity index (χ0n) is 15.2. The molecule has 1 aromatic carbocycles. The smallest absolute Gasteiger partial charge is 0.223 e. The summed E-state index contributed by atoms with van der Waals surface area (Å²) < 4.78 is 0. The highest BCUT2D eigenvalue weighted by molar-refractivity contribution is 5.78. The van der Waals surface area contributed by atoms with E-state index in [1.807, 2.05) is 11.8 Å². The van der Waals surface area contributed by atoms with Gasteiger partial charge < -0.3 is 9.88 Å². The molecule has 1 fully saturated rings. The van der Waals surface area contributed by atoms with Crippen LogP contribution in [0.4, 0.5) is 0 Å². The number of imidazole rings is 1. The lowest BCUT2D eigenvalue weighted by atomic mass is 9.96. The van der Waals surface area contributed by atoms with Crippen LogP contribution >= 0.6 is 0 Å². The summed E-state index contributed by atoms with van der Waals surface area (Å²) in [5, 5.41) is 6.91. The molecule has 136 valence electrons. The number of benzene rings is 1. The van der Waals surface area contributed by atoms with E-state index < -0.39 is 0 Å². The maximum atomic E-state index is 12.4. The molecule has 3 heterocycles. The van der Waals surface area contributed by atoms with Crippen LogP contribution in [0.25, 0.3) is 11.0 Å². The van der Waals surface area contributed by atoms with Gasteiger partial charge in [-0.3, -0.25) is 9.89 Å². The first-order chi connectivity index (χ1) is 12.6. The molecular weight excluding hydrogens is 328 g/mol. The molecule has 1 saturated heterocycles. The van der Waals surface area contributed by atoms with Crippen molar-refractivity contribution in [3.8, 4) is 0 Å². The third-order valence-corrected chi connectivity index (χ3v) is 5.17. The Balaban J connectivity index is 1.34. The summed E-state index contributed by atoms with van der Waals surface area (Å²) in [5.74, 6) is 3.13. The minimum Gasteiger partial charge on any atom is -0.343 e. The molecule has 2 N–H and O–H groups in total. The Hall–Kier alpha value is -2.70. The highest BCUT2D eigenvalue weighted by atomic mass is 16.2. The number of hydrogen-bond acceptors (Lipinski definition) is 4. The topological polar surface area (TPSA) is 90.6 Å². The summed E-state index contributed by atoms with van der Waals surface area (Å²) in [5.41, 5.74) is 3.35. The molecule has 7 heteroatoms. The molecule has 3 aromatic rings. The molecule has 1 aliphatic rings. The van der Waals surface area contributed by atoms with E-state index in [1.165, 1.54) is 5.56 Å². The van der Waals surface area contributed by atoms with Crippen molar-refractivity contribution in [3.63, 3.8) is 0 Å². The van der Waals surface area contributed by atoms with Crippen molar-refractivity contribution in [2.45, 2.75) is 45.4 Å². The van der Waals surface area contributed by atoms with Gasteiger partial charge in [-0.05, 0) is 38.3 Å². The molecule has 0 saturated carbocycles. The van der Waals surface area contributed by atoms with Crippen molar-refractivity contribution in [1.29, 1.82) is 0 Å². The largest absolute Gasteiger partial charge is 0.343 e. The summed E-state index contributed by atoms with van der Waals surface area (Å²) in [4.78, 5) is 26.9. The zero-order valence-corrected chi connectivity index (χ0v) is 15.2. The number of aromatic amines is 2. The minimum atomic E-state index is 0.186. The summed E-state index contributed by atoms with van der Waals surface area (Å²) in [6.45, 7) is 5.52. The van der Waals surface area contributed by atoms with E-state index in [0.29, 0.717) is 24.6 Å².